The van der Waals surface area contributed by atoms with Crippen molar-refractivity contribution in [1.29, 1.82) is 0 Å². The fourth-order valence-electron chi connectivity index (χ4n) is 1.93. The van der Waals surface area contributed by atoms with Gasteiger partial charge in [-0.25, -0.2) is 0 Å². The Balaban J connectivity index is 2.32. The van der Waals surface area contributed by atoms with Crippen LogP contribution in [-0.2, 0) is 0 Å². The Morgan fingerprint density at radius 1 is 1.41 bits per heavy atom. The second kappa shape index (κ2) is 5.65. The van der Waals surface area contributed by atoms with Gasteiger partial charge in [0, 0.05) is 23.7 Å². The van der Waals surface area contributed by atoms with Crippen molar-refractivity contribution in [3.05, 3.63) is 29.3 Å². The van der Waals surface area contributed by atoms with Crippen LogP contribution >= 0.6 is 23.2 Å². The van der Waals surface area contributed by atoms with Crippen LogP contribution in [0.15, 0.2) is 23.8 Å². The maximum Gasteiger partial charge on any atom is 0.119 e. The van der Waals surface area contributed by atoms with Crippen LogP contribution in [0.3, 0.4) is 0 Å². The molecular weight excluding hydrogens is 257 g/mol. The van der Waals surface area contributed by atoms with Gasteiger partial charge in [0.15, 0.2) is 0 Å². The van der Waals surface area contributed by atoms with Gasteiger partial charge in [0.05, 0.1) is 12.1 Å². The van der Waals surface area contributed by atoms with Crippen molar-refractivity contribution in [2.45, 2.75) is 12.8 Å². The fourth-order valence-corrected chi connectivity index (χ4v) is 2.39. The number of ether oxygens (including phenoxy) is 1. The summed E-state index contributed by atoms with van der Waals surface area (Å²) in [6.07, 6.45) is 1.89. The minimum absolute atomic E-state index is 0.665. The van der Waals surface area contributed by atoms with Gasteiger partial charge < -0.3 is 10.1 Å². The van der Waals surface area contributed by atoms with Crippen LogP contribution in [0.25, 0.3) is 5.03 Å². The number of rotatable bonds is 4. The van der Waals surface area contributed by atoms with E-state index in [1.165, 1.54) is 5.57 Å². The highest BCUT2D eigenvalue weighted by molar-refractivity contribution is 6.50. The molecule has 1 aliphatic rings. The van der Waals surface area contributed by atoms with Crippen molar-refractivity contribution in [3.63, 3.8) is 0 Å². The quantitative estimate of drug-likeness (QED) is 0.833. The molecule has 0 saturated carbocycles. The molecular formula is C13H15Cl2NO. The van der Waals surface area contributed by atoms with E-state index in [0.717, 1.165) is 41.4 Å². The van der Waals surface area contributed by atoms with Crippen LogP contribution in [0.1, 0.15) is 18.4 Å². The third-order valence-electron chi connectivity index (χ3n) is 2.88. The highest BCUT2D eigenvalue weighted by Gasteiger charge is 2.17. The molecule has 0 fully saturated rings. The Morgan fingerprint density at radius 3 is 2.94 bits per heavy atom. The van der Waals surface area contributed by atoms with E-state index in [2.05, 4.69) is 5.32 Å². The van der Waals surface area contributed by atoms with Gasteiger partial charge in [0.2, 0.25) is 0 Å². The number of methoxy groups -OCH3 is 1. The molecule has 0 spiro atoms. The maximum atomic E-state index is 6.42. The molecule has 1 N–H and O–H groups in total. The van der Waals surface area contributed by atoms with E-state index in [0.29, 0.717) is 5.88 Å². The molecule has 17 heavy (non-hydrogen) atoms. The first-order valence-electron chi connectivity index (χ1n) is 5.62. The zero-order chi connectivity index (χ0) is 12.3. The lowest BCUT2D eigenvalue weighted by Crippen LogP contribution is -2.13. The van der Waals surface area contributed by atoms with Crippen LogP contribution < -0.4 is 10.1 Å². The van der Waals surface area contributed by atoms with E-state index in [-0.39, 0.29) is 0 Å². The summed E-state index contributed by atoms with van der Waals surface area (Å²) in [4.78, 5) is 0. The van der Waals surface area contributed by atoms with Gasteiger partial charge in [0.1, 0.15) is 5.75 Å². The number of benzene rings is 1. The number of fused-ring (bicyclic) bond motifs is 1. The van der Waals surface area contributed by atoms with Gasteiger partial charge in [0.25, 0.3) is 0 Å². The Kier molecular flexibility index (Phi) is 4.19. The zero-order valence-corrected chi connectivity index (χ0v) is 11.2. The van der Waals surface area contributed by atoms with Gasteiger partial charge in [-0.2, -0.15) is 0 Å². The number of hydrogen-bond acceptors (Lipinski definition) is 2. The highest BCUT2D eigenvalue weighted by Crippen LogP contribution is 2.37. The molecule has 1 aliphatic heterocycles. The molecule has 0 amide bonds. The molecule has 2 nitrogen and oxygen atoms in total. The van der Waals surface area contributed by atoms with Gasteiger partial charge >= 0.3 is 0 Å². The van der Waals surface area contributed by atoms with E-state index in [1.807, 2.05) is 18.2 Å². The minimum Gasteiger partial charge on any atom is -0.497 e. The molecule has 0 saturated heterocycles. The molecule has 0 atom stereocenters. The van der Waals surface area contributed by atoms with Gasteiger partial charge in [-0.15, -0.1) is 11.6 Å². The van der Waals surface area contributed by atoms with Crippen LogP contribution in [0.2, 0.25) is 0 Å². The average molecular weight is 272 g/mol. The molecule has 0 aromatic heterocycles. The molecule has 0 unspecified atom stereocenters. The van der Waals surface area contributed by atoms with Crippen LogP contribution in [0, 0.1) is 0 Å². The van der Waals surface area contributed by atoms with E-state index in [1.54, 1.807) is 7.11 Å². The Bertz CT molecular complexity index is 443. The van der Waals surface area contributed by atoms with Crippen molar-refractivity contribution in [2.75, 3.05) is 24.9 Å². The molecule has 92 valence electrons. The van der Waals surface area contributed by atoms with Crippen LogP contribution in [-0.4, -0.2) is 19.5 Å². The first-order chi connectivity index (χ1) is 8.26. The molecule has 1 aromatic carbocycles. The lowest BCUT2D eigenvalue weighted by Gasteiger charge is -2.22. The summed E-state index contributed by atoms with van der Waals surface area (Å²) in [5.41, 5.74) is 3.29. The normalized spacial score (nSPS) is 14.3. The van der Waals surface area contributed by atoms with E-state index in [9.17, 15) is 0 Å². The van der Waals surface area contributed by atoms with Gasteiger partial charge in [-0.1, -0.05) is 11.6 Å². The lowest BCUT2D eigenvalue weighted by molar-refractivity contribution is 0.414. The second-order valence-electron chi connectivity index (χ2n) is 3.98. The Labute approximate surface area is 112 Å². The summed E-state index contributed by atoms with van der Waals surface area (Å²) in [6, 6.07) is 5.89. The molecule has 2 rings (SSSR count). The molecule has 0 bridgehead atoms. The fraction of sp³-hybridized carbons (Fsp3) is 0.385. The first kappa shape index (κ1) is 12.6. The summed E-state index contributed by atoms with van der Waals surface area (Å²) >= 11 is 12.1. The molecule has 0 radical (unpaired) electrons. The van der Waals surface area contributed by atoms with Gasteiger partial charge in [-0.05, 0) is 36.6 Å². The monoisotopic (exact) mass is 271 g/mol. The summed E-state index contributed by atoms with van der Waals surface area (Å²) in [6.45, 7) is 0.801. The maximum absolute atomic E-state index is 6.42. The standard InChI is InChI=1S/C13H15Cl2NO/c1-17-10-4-5-12-11(7-10)13(15)9(8-16-12)3-2-6-14/h4-5,7,16H,2-3,6,8H2,1H3. The van der Waals surface area contributed by atoms with Crippen LogP contribution in [0.5, 0.6) is 5.75 Å². The van der Waals surface area contributed by atoms with Crippen molar-refractivity contribution in [3.8, 4) is 5.75 Å². The minimum atomic E-state index is 0.665. The van der Waals surface area contributed by atoms with Crippen LogP contribution in [0.4, 0.5) is 5.69 Å². The Hall–Kier alpha value is -0.860. The summed E-state index contributed by atoms with van der Waals surface area (Å²) < 4.78 is 5.21. The number of hydrogen-bond donors (Lipinski definition) is 1. The number of anilines is 1. The third kappa shape index (κ3) is 2.70. The smallest absolute Gasteiger partial charge is 0.119 e. The van der Waals surface area contributed by atoms with E-state index in [4.69, 9.17) is 27.9 Å². The summed E-state index contributed by atoms with van der Waals surface area (Å²) in [7, 11) is 1.66. The number of halogens is 2. The summed E-state index contributed by atoms with van der Waals surface area (Å²) in [5.74, 6) is 1.49. The molecule has 4 heteroatoms. The second-order valence-corrected chi connectivity index (χ2v) is 4.73. The van der Waals surface area contributed by atoms with Gasteiger partial charge in [-0.3, -0.25) is 0 Å². The largest absolute Gasteiger partial charge is 0.497 e. The van der Waals surface area contributed by atoms with Crippen molar-refractivity contribution >= 4 is 33.9 Å². The lowest BCUT2D eigenvalue weighted by atomic mass is 10.0. The zero-order valence-electron chi connectivity index (χ0n) is 9.72. The highest BCUT2D eigenvalue weighted by atomic mass is 35.5. The number of nitrogens with one attached hydrogen (secondary N) is 1. The summed E-state index contributed by atoms with van der Waals surface area (Å²) in [5, 5.41) is 4.20. The van der Waals surface area contributed by atoms with Crippen molar-refractivity contribution < 1.29 is 4.74 Å². The van der Waals surface area contributed by atoms with E-state index >= 15 is 0 Å². The molecule has 1 heterocycles. The molecule has 1 aromatic rings. The molecule has 0 aliphatic carbocycles. The first-order valence-corrected chi connectivity index (χ1v) is 6.53. The SMILES string of the molecule is COc1ccc2c(c1)C(Cl)=C(CCCCl)CN2. The average Bonchev–Trinajstić information content (AvgIpc) is 2.38. The Morgan fingerprint density at radius 2 is 2.24 bits per heavy atom. The van der Waals surface area contributed by atoms with Crippen molar-refractivity contribution in [2.24, 2.45) is 0 Å². The third-order valence-corrected chi connectivity index (χ3v) is 3.62. The van der Waals surface area contributed by atoms with E-state index < -0.39 is 0 Å². The van der Waals surface area contributed by atoms with Crippen molar-refractivity contribution in [1.82, 2.24) is 0 Å². The predicted octanol–water partition coefficient (Wildman–Crippen LogP) is 4.09. The number of alkyl halides is 1. The predicted molar refractivity (Wildman–Crippen MR) is 74.2 cm³/mol. The topological polar surface area (TPSA) is 21.3 Å².